The summed E-state index contributed by atoms with van der Waals surface area (Å²) >= 11 is 6.69. The van der Waals surface area contributed by atoms with Crippen LogP contribution in [0.15, 0.2) is 45.9 Å². The van der Waals surface area contributed by atoms with Crippen LogP contribution in [0.3, 0.4) is 0 Å². The van der Waals surface area contributed by atoms with E-state index in [0.29, 0.717) is 14.7 Å². The Labute approximate surface area is 127 Å². The van der Waals surface area contributed by atoms with Crippen LogP contribution in [0.1, 0.15) is 6.92 Å². The van der Waals surface area contributed by atoms with Crippen molar-refractivity contribution in [3.63, 3.8) is 0 Å². The van der Waals surface area contributed by atoms with Crippen LogP contribution in [-0.2, 0) is 4.79 Å². The Morgan fingerprint density at radius 3 is 2.68 bits per heavy atom. The summed E-state index contributed by atoms with van der Waals surface area (Å²) in [6.45, 7) is 1.72. The number of rotatable bonds is 4. The zero-order chi connectivity index (χ0) is 13.8. The summed E-state index contributed by atoms with van der Waals surface area (Å²) in [5.74, 6) is 0.0769. The van der Waals surface area contributed by atoms with Gasteiger partial charge >= 0.3 is 5.97 Å². The predicted octanol–water partition coefficient (Wildman–Crippen LogP) is 2.95. The van der Waals surface area contributed by atoms with Gasteiger partial charge in [-0.15, -0.1) is 0 Å². The van der Waals surface area contributed by atoms with Crippen molar-refractivity contribution < 1.29 is 9.53 Å². The van der Waals surface area contributed by atoms with E-state index in [1.807, 2.05) is 6.07 Å². The van der Waals surface area contributed by atoms with Gasteiger partial charge in [0, 0.05) is 12.4 Å². The first-order valence-electron chi connectivity index (χ1n) is 5.48. The second kappa shape index (κ2) is 6.21. The van der Waals surface area contributed by atoms with Crippen molar-refractivity contribution in [3.05, 3.63) is 45.9 Å². The van der Waals surface area contributed by atoms with Gasteiger partial charge in [0.2, 0.25) is 0 Å². The Hall–Kier alpha value is -1.34. The van der Waals surface area contributed by atoms with Crippen LogP contribution in [-0.4, -0.2) is 21.7 Å². The molecule has 1 heterocycles. The molecule has 2 aromatic rings. The SMILES string of the molecule is C[C@H](Nn1ccnc1)C(=O)Oc1c(Br)cccc1Br. The third-order valence-electron chi connectivity index (χ3n) is 2.32. The molecule has 0 aliphatic rings. The topological polar surface area (TPSA) is 56.2 Å². The summed E-state index contributed by atoms with van der Waals surface area (Å²) in [4.78, 5) is 15.9. The van der Waals surface area contributed by atoms with Crippen LogP contribution < -0.4 is 10.2 Å². The fourth-order valence-corrected chi connectivity index (χ4v) is 2.54. The molecular formula is C12H11Br2N3O2. The number of hydrogen-bond acceptors (Lipinski definition) is 4. The van der Waals surface area contributed by atoms with Gasteiger partial charge in [0.1, 0.15) is 12.4 Å². The van der Waals surface area contributed by atoms with E-state index < -0.39 is 6.04 Å². The number of nitrogens with one attached hydrogen (secondary N) is 1. The molecule has 2 rings (SSSR count). The third kappa shape index (κ3) is 3.57. The fraction of sp³-hybridized carbons (Fsp3) is 0.167. The summed E-state index contributed by atoms with van der Waals surface area (Å²) in [5, 5.41) is 0. The van der Waals surface area contributed by atoms with Crippen molar-refractivity contribution >= 4 is 37.8 Å². The van der Waals surface area contributed by atoms with Crippen LogP contribution in [0.4, 0.5) is 0 Å². The molecule has 1 aromatic heterocycles. The number of benzene rings is 1. The Kier molecular flexibility index (Phi) is 4.60. The molecule has 1 atom stereocenters. The van der Waals surface area contributed by atoms with Crippen molar-refractivity contribution in [2.75, 3.05) is 5.43 Å². The number of para-hydroxylation sites is 1. The lowest BCUT2D eigenvalue weighted by Gasteiger charge is -2.15. The number of halogens is 2. The molecule has 0 amide bonds. The zero-order valence-electron chi connectivity index (χ0n) is 10.0. The summed E-state index contributed by atoms with van der Waals surface area (Å²) < 4.78 is 8.38. The molecule has 0 fully saturated rings. The first kappa shape index (κ1) is 14.1. The smallest absolute Gasteiger partial charge is 0.335 e. The summed E-state index contributed by atoms with van der Waals surface area (Å²) in [5.41, 5.74) is 2.93. The van der Waals surface area contributed by atoms with Crippen molar-refractivity contribution in [1.82, 2.24) is 9.66 Å². The third-order valence-corrected chi connectivity index (χ3v) is 3.57. The van der Waals surface area contributed by atoms with E-state index in [4.69, 9.17) is 4.74 Å². The van der Waals surface area contributed by atoms with Crippen LogP contribution >= 0.6 is 31.9 Å². The molecule has 7 heteroatoms. The van der Waals surface area contributed by atoms with Gasteiger partial charge in [0.25, 0.3) is 0 Å². The normalized spacial score (nSPS) is 11.9. The van der Waals surface area contributed by atoms with Crippen LogP contribution in [0.2, 0.25) is 0 Å². The second-order valence-electron chi connectivity index (χ2n) is 3.79. The molecule has 0 saturated heterocycles. The van der Waals surface area contributed by atoms with Crippen LogP contribution in [0.25, 0.3) is 0 Å². The highest BCUT2D eigenvalue weighted by Crippen LogP contribution is 2.33. The lowest BCUT2D eigenvalue weighted by Crippen LogP contribution is -2.35. The van der Waals surface area contributed by atoms with Crippen molar-refractivity contribution in [2.45, 2.75) is 13.0 Å². The lowest BCUT2D eigenvalue weighted by atomic mass is 10.3. The summed E-state index contributed by atoms with van der Waals surface area (Å²) in [6, 6.07) is 4.95. The molecular weight excluding hydrogens is 378 g/mol. The van der Waals surface area contributed by atoms with Crippen LogP contribution in [0, 0.1) is 0 Å². The Bertz CT molecular complexity index is 552. The first-order chi connectivity index (χ1) is 9.08. The van der Waals surface area contributed by atoms with Crippen LogP contribution in [0.5, 0.6) is 5.75 Å². The van der Waals surface area contributed by atoms with Gasteiger partial charge < -0.3 is 10.2 Å². The Morgan fingerprint density at radius 2 is 2.11 bits per heavy atom. The Balaban J connectivity index is 2.04. The van der Waals surface area contributed by atoms with Gasteiger partial charge in [-0.2, -0.15) is 0 Å². The van der Waals surface area contributed by atoms with E-state index >= 15 is 0 Å². The highest BCUT2D eigenvalue weighted by atomic mass is 79.9. The predicted molar refractivity (Wildman–Crippen MR) is 78.5 cm³/mol. The molecule has 0 spiro atoms. The number of aromatic nitrogens is 2. The highest BCUT2D eigenvalue weighted by Gasteiger charge is 2.18. The van der Waals surface area contributed by atoms with Crippen molar-refractivity contribution in [1.29, 1.82) is 0 Å². The minimum Gasteiger partial charge on any atom is -0.423 e. The fourth-order valence-electron chi connectivity index (χ4n) is 1.38. The van der Waals surface area contributed by atoms with Crippen molar-refractivity contribution in [3.8, 4) is 5.75 Å². The lowest BCUT2D eigenvalue weighted by molar-refractivity contribution is -0.135. The van der Waals surface area contributed by atoms with E-state index in [2.05, 4.69) is 42.3 Å². The van der Waals surface area contributed by atoms with Gasteiger partial charge in [0.15, 0.2) is 5.75 Å². The molecule has 1 N–H and O–H groups in total. The van der Waals surface area contributed by atoms with E-state index in [9.17, 15) is 4.79 Å². The maximum absolute atomic E-state index is 12.0. The Morgan fingerprint density at radius 1 is 1.42 bits per heavy atom. The van der Waals surface area contributed by atoms with Gasteiger partial charge in [-0.05, 0) is 50.9 Å². The van der Waals surface area contributed by atoms with E-state index in [0.717, 1.165) is 0 Å². The molecule has 0 unspecified atom stereocenters. The van der Waals surface area contributed by atoms with E-state index in [1.165, 1.54) is 0 Å². The summed E-state index contributed by atoms with van der Waals surface area (Å²) in [7, 11) is 0. The quantitative estimate of drug-likeness (QED) is 0.646. The minimum absolute atomic E-state index is 0.388. The molecule has 0 aliphatic carbocycles. The number of ether oxygens (including phenoxy) is 1. The average molecular weight is 389 g/mol. The number of nitrogens with zero attached hydrogens (tertiary/aromatic N) is 2. The highest BCUT2D eigenvalue weighted by molar-refractivity contribution is 9.11. The molecule has 5 nitrogen and oxygen atoms in total. The molecule has 19 heavy (non-hydrogen) atoms. The minimum atomic E-state index is -0.506. The van der Waals surface area contributed by atoms with E-state index in [1.54, 1.807) is 42.5 Å². The maximum Gasteiger partial charge on any atom is 0.335 e. The van der Waals surface area contributed by atoms with Gasteiger partial charge in [0.05, 0.1) is 8.95 Å². The van der Waals surface area contributed by atoms with Gasteiger partial charge in [-0.25, -0.2) is 9.78 Å². The largest absolute Gasteiger partial charge is 0.423 e. The molecule has 0 aliphatic heterocycles. The molecule has 0 saturated carbocycles. The standard InChI is InChI=1S/C12H11Br2N3O2/c1-8(16-17-6-5-15-7-17)12(18)19-11-9(13)3-2-4-10(11)14/h2-8,16H,1H3/t8-/m0/s1. The number of hydrogen-bond donors (Lipinski definition) is 1. The molecule has 1 aromatic carbocycles. The number of carbonyl (C=O) groups is 1. The van der Waals surface area contributed by atoms with E-state index in [-0.39, 0.29) is 5.97 Å². The van der Waals surface area contributed by atoms with Crippen molar-refractivity contribution in [2.24, 2.45) is 0 Å². The number of esters is 1. The number of carbonyl (C=O) groups excluding carboxylic acids is 1. The molecule has 0 radical (unpaired) electrons. The first-order valence-corrected chi connectivity index (χ1v) is 7.06. The molecule has 100 valence electrons. The summed E-state index contributed by atoms with van der Waals surface area (Å²) in [6.07, 6.45) is 4.89. The monoisotopic (exact) mass is 387 g/mol. The molecule has 0 bridgehead atoms. The van der Waals surface area contributed by atoms with Gasteiger partial charge in [-0.1, -0.05) is 6.07 Å². The number of imidazole rings is 1. The second-order valence-corrected chi connectivity index (χ2v) is 5.50. The average Bonchev–Trinajstić information content (AvgIpc) is 2.86. The zero-order valence-corrected chi connectivity index (χ0v) is 13.2. The maximum atomic E-state index is 12.0. The van der Waals surface area contributed by atoms with Gasteiger partial charge in [-0.3, -0.25) is 4.68 Å².